The molecule has 0 aliphatic heterocycles. The number of nitrogens with zero attached hydrogens (tertiary/aromatic N) is 2. The van der Waals surface area contributed by atoms with Gasteiger partial charge in [-0.3, -0.25) is 14.9 Å². The van der Waals surface area contributed by atoms with E-state index >= 15 is 0 Å². The number of nitro benzene ring substituents is 1. The van der Waals surface area contributed by atoms with Crippen molar-refractivity contribution in [2.45, 2.75) is 13.1 Å². The van der Waals surface area contributed by atoms with E-state index in [-0.39, 0.29) is 22.0 Å². The van der Waals surface area contributed by atoms with Gasteiger partial charge in [0, 0.05) is 31.4 Å². The average molecular weight is 386 g/mol. The summed E-state index contributed by atoms with van der Waals surface area (Å²) >= 11 is 5.94. The number of anilines is 1. The lowest BCUT2D eigenvalue weighted by Gasteiger charge is -2.07. The molecule has 0 unspecified atom stereocenters. The Hall–Kier alpha value is -3.41. The first-order valence-corrected chi connectivity index (χ1v) is 8.19. The highest BCUT2D eigenvalue weighted by Crippen LogP contribution is 2.27. The number of nitrogens with two attached hydrogens (primary N) is 1. The predicted molar refractivity (Wildman–Crippen MR) is 102 cm³/mol. The van der Waals surface area contributed by atoms with E-state index in [1.165, 1.54) is 18.3 Å². The molecule has 138 valence electrons. The van der Waals surface area contributed by atoms with Crippen molar-refractivity contribution in [1.82, 2.24) is 5.32 Å². The van der Waals surface area contributed by atoms with Gasteiger partial charge in [0.1, 0.15) is 11.6 Å². The summed E-state index contributed by atoms with van der Waals surface area (Å²) in [7, 11) is 0. The van der Waals surface area contributed by atoms with Crippen LogP contribution in [0.15, 0.2) is 54.2 Å². The van der Waals surface area contributed by atoms with Gasteiger partial charge < -0.3 is 16.4 Å². The molecular weight excluding hydrogens is 370 g/mol. The minimum atomic E-state index is -0.733. The second kappa shape index (κ2) is 9.33. The van der Waals surface area contributed by atoms with Crippen molar-refractivity contribution < 1.29 is 9.72 Å². The second-order valence-corrected chi connectivity index (χ2v) is 5.86. The first-order valence-electron chi connectivity index (χ1n) is 7.81. The highest BCUT2D eigenvalue weighted by molar-refractivity contribution is 6.34. The fourth-order valence-electron chi connectivity index (χ4n) is 2.20. The summed E-state index contributed by atoms with van der Waals surface area (Å²) in [4.78, 5) is 22.5. The van der Waals surface area contributed by atoms with Gasteiger partial charge in [-0.05, 0) is 17.2 Å². The fraction of sp³-hybridized carbons (Fsp3) is 0.111. The number of hydrogen-bond donors (Lipinski definition) is 3. The summed E-state index contributed by atoms with van der Waals surface area (Å²) in [5.74, 6) is -0.733. The molecule has 0 saturated heterocycles. The molecular formula is C18H16ClN5O3. The Bertz CT molecular complexity index is 937. The molecule has 0 bridgehead atoms. The normalized spacial score (nSPS) is 10.8. The topological polar surface area (TPSA) is 134 Å². The first-order chi connectivity index (χ1) is 12.9. The van der Waals surface area contributed by atoms with Gasteiger partial charge in [-0.25, -0.2) is 0 Å². The van der Waals surface area contributed by atoms with Crippen LogP contribution in [0.5, 0.6) is 0 Å². The maximum atomic E-state index is 12.2. The maximum Gasteiger partial charge on any atom is 0.271 e. The number of rotatable bonds is 7. The van der Waals surface area contributed by atoms with Gasteiger partial charge in [0.15, 0.2) is 0 Å². The van der Waals surface area contributed by atoms with E-state index in [4.69, 9.17) is 17.3 Å². The molecule has 27 heavy (non-hydrogen) atoms. The fourth-order valence-corrected chi connectivity index (χ4v) is 2.36. The summed E-state index contributed by atoms with van der Waals surface area (Å²) < 4.78 is 0. The van der Waals surface area contributed by atoms with E-state index in [1.807, 2.05) is 24.3 Å². The number of nitro groups is 1. The van der Waals surface area contributed by atoms with E-state index in [2.05, 4.69) is 10.6 Å². The van der Waals surface area contributed by atoms with Crippen LogP contribution in [0.25, 0.3) is 0 Å². The quantitative estimate of drug-likeness (QED) is 0.290. The third-order valence-corrected chi connectivity index (χ3v) is 3.88. The summed E-state index contributed by atoms with van der Waals surface area (Å²) in [5, 5.41) is 25.4. The van der Waals surface area contributed by atoms with Crippen molar-refractivity contribution in [2.24, 2.45) is 5.73 Å². The molecule has 0 aliphatic carbocycles. The zero-order chi connectivity index (χ0) is 19.8. The lowest BCUT2D eigenvalue weighted by molar-refractivity contribution is -0.384. The third kappa shape index (κ3) is 5.54. The van der Waals surface area contributed by atoms with Gasteiger partial charge >= 0.3 is 0 Å². The molecule has 2 aromatic carbocycles. The van der Waals surface area contributed by atoms with Crippen molar-refractivity contribution in [2.75, 3.05) is 5.32 Å². The number of hydrogen-bond acceptors (Lipinski definition) is 6. The Morgan fingerprint density at radius 2 is 2.04 bits per heavy atom. The van der Waals surface area contributed by atoms with Crippen LogP contribution >= 0.6 is 11.6 Å². The molecule has 0 atom stereocenters. The minimum Gasteiger partial charge on any atom is -0.386 e. The smallest absolute Gasteiger partial charge is 0.271 e. The Balaban J connectivity index is 2.07. The largest absolute Gasteiger partial charge is 0.386 e. The van der Waals surface area contributed by atoms with Crippen molar-refractivity contribution in [1.29, 1.82) is 5.26 Å². The molecule has 0 fully saturated rings. The monoisotopic (exact) mass is 385 g/mol. The molecule has 2 rings (SSSR count). The number of benzene rings is 2. The van der Waals surface area contributed by atoms with E-state index in [0.29, 0.717) is 13.1 Å². The molecule has 9 heteroatoms. The number of nitrogens with one attached hydrogen (secondary N) is 2. The zero-order valence-electron chi connectivity index (χ0n) is 14.1. The van der Waals surface area contributed by atoms with Crippen LogP contribution in [-0.4, -0.2) is 10.8 Å². The number of non-ortho nitro benzene ring substituents is 1. The van der Waals surface area contributed by atoms with Crippen LogP contribution in [0.4, 0.5) is 11.4 Å². The lowest BCUT2D eigenvalue weighted by atomic mass is 10.1. The van der Waals surface area contributed by atoms with Crippen LogP contribution in [0.1, 0.15) is 11.1 Å². The van der Waals surface area contributed by atoms with Gasteiger partial charge in [0.05, 0.1) is 15.6 Å². The molecule has 0 aromatic heterocycles. The number of carbonyl (C=O) groups excluding carboxylic acids is 1. The van der Waals surface area contributed by atoms with E-state index in [9.17, 15) is 20.2 Å². The Morgan fingerprint density at radius 3 is 2.70 bits per heavy atom. The molecule has 4 N–H and O–H groups in total. The number of carbonyl (C=O) groups is 1. The summed E-state index contributed by atoms with van der Waals surface area (Å²) in [6.45, 7) is 0.809. The molecule has 0 heterocycles. The van der Waals surface area contributed by atoms with Crippen molar-refractivity contribution >= 4 is 28.9 Å². The van der Waals surface area contributed by atoms with E-state index in [0.717, 1.165) is 17.2 Å². The van der Waals surface area contributed by atoms with Crippen LogP contribution in [0.2, 0.25) is 5.02 Å². The van der Waals surface area contributed by atoms with Gasteiger partial charge in [-0.15, -0.1) is 0 Å². The summed E-state index contributed by atoms with van der Waals surface area (Å²) in [6.07, 6.45) is 1.27. The number of amides is 1. The van der Waals surface area contributed by atoms with Gasteiger partial charge in [-0.2, -0.15) is 5.26 Å². The molecule has 2 aromatic rings. The number of nitriles is 1. The molecule has 8 nitrogen and oxygen atoms in total. The SMILES string of the molecule is N#C/C(=C/NCc1cccc(CN)c1)C(=O)Nc1cc([N+](=O)[O-])ccc1Cl. The molecule has 0 spiro atoms. The molecule has 0 aliphatic rings. The van der Waals surface area contributed by atoms with Gasteiger partial charge in [-0.1, -0.05) is 35.9 Å². The van der Waals surface area contributed by atoms with E-state index < -0.39 is 10.8 Å². The lowest BCUT2D eigenvalue weighted by Crippen LogP contribution is -2.17. The Labute approximate surface area is 160 Å². The Morgan fingerprint density at radius 1 is 1.30 bits per heavy atom. The summed E-state index contributed by atoms with van der Waals surface area (Å²) in [5.41, 5.74) is 7.12. The first kappa shape index (κ1) is 19.9. The van der Waals surface area contributed by atoms with Crippen LogP contribution in [0, 0.1) is 21.4 Å². The average Bonchev–Trinajstić information content (AvgIpc) is 2.66. The maximum absolute atomic E-state index is 12.2. The molecule has 0 radical (unpaired) electrons. The minimum absolute atomic E-state index is 0.0488. The highest BCUT2D eigenvalue weighted by Gasteiger charge is 2.14. The second-order valence-electron chi connectivity index (χ2n) is 5.45. The third-order valence-electron chi connectivity index (χ3n) is 3.55. The predicted octanol–water partition coefficient (Wildman–Crippen LogP) is 2.84. The van der Waals surface area contributed by atoms with Gasteiger partial charge in [0.25, 0.3) is 11.6 Å². The van der Waals surface area contributed by atoms with Crippen LogP contribution < -0.4 is 16.4 Å². The standard InChI is InChI=1S/C18H16ClN5O3/c19-16-5-4-15(24(26)27)7-17(16)23-18(25)14(9-21)11-22-10-13-3-1-2-12(6-13)8-20/h1-7,11,22H,8,10,20H2,(H,23,25)/b14-11-. The van der Waals surface area contributed by atoms with E-state index in [1.54, 1.807) is 6.07 Å². The van der Waals surface area contributed by atoms with Crippen LogP contribution in [-0.2, 0) is 17.9 Å². The highest BCUT2D eigenvalue weighted by atomic mass is 35.5. The molecule has 1 amide bonds. The Kier molecular flexibility index (Phi) is 6.88. The number of halogens is 1. The van der Waals surface area contributed by atoms with Crippen molar-refractivity contribution in [3.8, 4) is 6.07 Å². The van der Waals surface area contributed by atoms with Crippen molar-refractivity contribution in [3.05, 3.63) is 80.5 Å². The van der Waals surface area contributed by atoms with Gasteiger partial charge in [0.2, 0.25) is 0 Å². The zero-order valence-corrected chi connectivity index (χ0v) is 14.9. The summed E-state index contributed by atoms with van der Waals surface area (Å²) in [6, 6.07) is 13.0. The molecule has 0 saturated carbocycles. The van der Waals surface area contributed by atoms with Crippen LogP contribution in [0.3, 0.4) is 0 Å². The van der Waals surface area contributed by atoms with Crippen molar-refractivity contribution in [3.63, 3.8) is 0 Å².